The number of rotatable bonds is 3. The number of hydrogen-bond acceptors (Lipinski definition) is 6. The van der Waals surface area contributed by atoms with E-state index in [0.717, 1.165) is 38.2 Å². The smallest absolute Gasteiger partial charge is 0.273 e. The molecular weight excluding hydrogens is 326 g/mol. The number of morpholine rings is 1. The molecule has 1 spiro atoms. The van der Waals surface area contributed by atoms with E-state index in [-0.39, 0.29) is 11.5 Å². The van der Waals surface area contributed by atoms with Crippen LogP contribution in [0.1, 0.15) is 29.1 Å². The summed E-state index contributed by atoms with van der Waals surface area (Å²) in [5.41, 5.74) is 2.05. The van der Waals surface area contributed by atoms with Gasteiger partial charge in [0.2, 0.25) is 0 Å². The van der Waals surface area contributed by atoms with Crippen LogP contribution >= 0.6 is 11.3 Å². The first kappa shape index (κ1) is 15.8. The van der Waals surface area contributed by atoms with Crippen molar-refractivity contribution in [2.75, 3.05) is 32.8 Å². The minimum atomic E-state index is -0.205. The van der Waals surface area contributed by atoms with Crippen LogP contribution in [0.4, 0.5) is 0 Å². The van der Waals surface area contributed by atoms with Crippen LogP contribution in [0.2, 0.25) is 0 Å². The van der Waals surface area contributed by atoms with Gasteiger partial charge in [-0.15, -0.1) is 11.3 Å². The molecule has 2 aliphatic rings. The molecule has 24 heavy (non-hydrogen) atoms. The Labute approximate surface area is 145 Å². The highest BCUT2D eigenvalue weighted by Crippen LogP contribution is 2.31. The van der Waals surface area contributed by atoms with Crippen molar-refractivity contribution in [2.45, 2.75) is 25.0 Å². The second-order valence-corrected chi connectivity index (χ2v) is 7.21. The van der Waals surface area contributed by atoms with E-state index in [0.29, 0.717) is 25.4 Å². The van der Waals surface area contributed by atoms with Gasteiger partial charge in [-0.2, -0.15) is 0 Å². The molecule has 0 N–H and O–H groups in total. The van der Waals surface area contributed by atoms with Crippen molar-refractivity contribution in [3.63, 3.8) is 0 Å². The molecule has 2 aromatic heterocycles. The zero-order valence-electron chi connectivity index (χ0n) is 13.5. The highest BCUT2D eigenvalue weighted by molar-refractivity contribution is 7.07. The Morgan fingerprint density at radius 1 is 1.33 bits per heavy atom. The third-order valence-electron chi connectivity index (χ3n) is 4.91. The number of nitrogens with zero attached hydrogens (tertiary/aromatic N) is 3. The second kappa shape index (κ2) is 6.66. The highest BCUT2D eigenvalue weighted by atomic mass is 32.1. The average Bonchev–Trinajstić information content (AvgIpc) is 3.30. The van der Waals surface area contributed by atoms with Crippen molar-refractivity contribution in [3.05, 3.63) is 40.7 Å². The van der Waals surface area contributed by atoms with Crippen LogP contribution in [-0.2, 0) is 11.3 Å². The minimum Gasteiger partial charge on any atom is -0.468 e. The number of amides is 1. The van der Waals surface area contributed by atoms with E-state index in [1.165, 1.54) is 11.3 Å². The number of piperidine rings is 1. The van der Waals surface area contributed by atoms with Gasteiger partial charge in [0.05, 0.1) is 37.1 Å². The third kappa shape index (κ3) is 3.24. The number of carbonyl (C=O) groups excluding carboxylic acids is 1. The van der Waals surface area contributed by atoms with Crippen LogP contribution in [0.25, 0.3) is 0 Å². The van der Waals surface area contributed by atoms with Crippen LogP contribution < -0.4 is 0 Å². The fraction of sp³-hybridized carbons (Fsp3) is 0.529. The first-order valence-electron chi connectivity index (χ1n) is 8.30. The summed E-state index contributed by atoms with van der Waals surface area (Å²) in [4.78, 5) is 21.0. The number of thiazole rings is 1. The summed E-state index contributed by atoms with van der Waals surface area (Å²) in [5, 5.41) is 1.82. The zero-order valence-corrected chi connectivity index (χ0v) is 14.3. The van der Waals surface area contributed by atoms with Gasteiger partial charge in [0.1, 0.15) is 11.5 Å². The van der Waals surface area contributed by atoms with E-state index in [1.807, 2.05) is 22.4 Å². The Hall–Kier alpha value is -1.70. The Morgan fingerprint density at radius 2 is 2.21 bits per heavy atom. The summed E-state index contributed by atoms with van der Waals surface area (Å²) in [7, 11) is 0. The second-order valence-electron chi connectivity index (χ2n) is 6.49. The van der Waals surface area contributed by atoms with Crippen molar-refractivity contribution in [1.82, 2.24) is 14.8 Å². The highest BCUT2D eigenvalue weighted by Gasteiger charge is 2.41. The molecule has 0 aromatic carbocycles. The normalized spacial score (nSPS) is 21.2. The molecule has 0 aliphatic carbocycles. The molecule has 7 heteroatoms. The Balaban J connectivity index is 1.36. The standard InChI is InChI=1S/C17H21N3O3S/c21-16(15-11-24-13-18-15)20-7-9-23-17(12-20)3-5-19(6-4-17)10-14-2-1-8-22-14/h1-2,8,11,13H,3-7,9-10,12H2. The molecule has 0 atom stereocenters. The van der Waals surface area contributed by atoms with Crippen LogP contribution in [0.3, 0.4) is 0 Å². The molecule has 2 aromatic rings. The van der Waals surface area contributed by atoms with Gasteiger partial charge in [0.15, 0.2) is 0 Å². The van der Waals surface area contributed by atoms with Gasteiger partial charge >= 0.3 is 0 Å². The summed E-state index contributed by atoms with van der Waals surface area (Å²) >= 11 is 1.46. The molecule has 4 rings (SSSR count). The SMILES string of the molecule is O=C(c1cscn1)N1CCOC2(CCN(Cc3ccco3)CC2)C1. The molecule has 2 fully saturated rings. The molecule has 0 bridgehead atoms. The number of carbonyl (C=O) groups is 1. The maximum atomic E-state index is 12.6. The van der Waals surface area contributed by atoms with Gasteiger partial charge in [0.25, 0.3) is 5.91 Å². The molecule has 2 saturated heterocycles. The lowest BCUT2D eigenvalue weighted by Gasteiger charge is -2.47. The molecule has 1 amide bonds. The largest absolute Gasteiger partial charge is 0.468 e. The lowest BCUT2D eigenvalue weighted by atomic mass is 9.89. The van der Waals surface area contributed by atoms with E-state index in [2.05, 4.69) is 9.88 Å². The van der Waals surface area contributed by atoms with Crippen LogP contribution in [0.5, 0.6) is 0 Å². The zero-order chi connectivity index (χ0) is 16.4. The number of likely N-dealkylation sites (tertiary alicyclic amines) is 1. The van der Waals surface area contributed by atoms with Crippen molar-refractivity contribution < 1.29 is 13.9 Å². The van der Waals surface area contributed by atoms with Crippen LogP contribution in [0.15, 0.2) is 33.7 Å². The fourth-order valence-corrected chi connectivity index (χ4v) is 4.07. The maximum absolute atomic E-state index is 12.6. The molecule has 6 nitrogen and oxygen atoms in total. The molecule has 0 unspecified atom stereocenters. The lowest BCUT2D eigenvalue weighted by molar-refractivity contribution is -0.128. The van der Waals surface area contributed by atoms with Crippen LogP contribution in [-0.4, -0.2) is 59.1 Å². The Kier molecular flexibility index (Phi) is 4.39. The maximum Gasteiger partial charge on any atom is 0.273 e. The van der Waals surface area contributed by atoms with E-state index in [4.69, 9.17) is 9.15 Å². The van der Waals surface area contributed by atoms with Crippen LogP contribution in [0, 0.1) is 0 Å². The van der Waals surface area contributed by atoms with E-state index in [9.17, 15) is 4.79 Å². The van der Waals surface area contributed by atoms with Crippen molar-refractivity contribution >= 4 is 17.2 Å². The van der Waals surface area contributed by atoms with Gasteiger partial charge in [-0.3, -0.25) is 9.69 Å². The summed E-state index contributed by atoms with van der Waals surface area (Å²) in [6.07, 6.45) is 3.59. The number of aromatic nitrogens is 1. The number of furan rings is 1. The summed E-state index contributed by atoms with van der Waals surface area (Å²) in [6, 6.07) is 3.93. The van der Waals surface area contributed by atoms with E-state index < -0.39 is 0 Å². The molecule has 0 saturated carbocycles. The minimum absolute atomic E-state index is 0.0249. The topological polar surface area (TPSA) is 58.8 Å². The fourth-order valence-electron chi connectivity index (χ4n) is 3.54. The van der Waals surface area contributed by atoms with E-state index >= 15 is 0 Å². The Morgan fingerprint density at radius 3 is 2.92 bits per heavy atom. The molecule has 2 aliphatic heterocycles. The first-order valence-corrected chi connectivity index (χ1v) is 9.25. The van der Waals surface area contributed by atoms with Crippen molar-refractivity contribution in [3.8, 4) is 0 Å². The predicted octanol–water partition coefficient (Wildman–Crippen LogP) is 2.24. The van der Waals surface area contributed by atoms with Crippen molar-refractivity contribution in [2.24, 2.45) is 0 Å². The molecule has 128 valence electrons. The summed E-state index contributed by atoms with van der Waals surface area (Å²) in [5.74, 6) is 1.02. The quantitative estimate of drug-likeness (QED) is 0.852. The predicted molar refractivity (Wildman–Crippen MR) is 89.9 cm³/mol. The van der Waals surface area contributed by atoms with Gasteiger partial charge < -0.3 is 14.1 Å². The first-order chi connectivity index (χ1) is 11.7. The molecule has 0 radical (unpaired) electrons. The number of hydrogen-bond donors (Lipinski definition) is 0. The molecule has 4 heterocycles. The van der Waals surface area contributed by atoms with Gasteiger partial charge in [-0.05, 0) is 25.0 Å². The third-order valence-corrected chi connectivity index (χ3v) is 5.50. The Bertz CT molecular complexity index is 663. The van der Waals surface area contributed by atoms with Gasteiger partial charge in [-0.1, -0.05) is 0 Å². The van der Waals surface area contributed by atoms with Gasteiger partial charge in [0, 0.05) is 25.0 Å². The van der Waals surface area contributed by atoms with Gasteiger partial charge in [-0.25, -0.2) is 4.98 Å². The van der Waals surface area contributed by atoms with E-state index in [1.54, 1.807) is 11.8 Å². The molecular formula is C17H21N3O3S. The number of ether oxygens (including phenoxy) is 1. The summed E-state index contributed by atoms with van der Waals surface area (Å²) in [6.45, 7) is 4.67. The average molecular weight is 347 g/mol. The summed E-state index contributed by atoms with van der Waals surface area (Å²) < 4.78 is 11.6. The van der Waals surface area contributed by atoms with Crippen molar-refractivity contribution in [1.29, 1.82) is 0 Å². The lowest BCUT2D eigenvalue weighted by Crippen LogP contribution is -2.57. The monoisotopic (exact) mass is 347 g/mol.